The van der Waals surface area contributed by atoms with Crippen molar-refractivity contribution >= 4 is 32.8 Å². The van der Waals surface area contributed by atoms with E-state index in [1.807, 2.05) is 41.5 Å². The molecule has 4 heterocycles. The summed E-state index contributed by atoms with van der Waals surface area (Å²) in [4.78, 5) is 36.0. The molecule has 2 saturated heterocycles. The van der Waals surface area contributed by atoms with Crippen LogP contribution in [0, 0.1) is 11.6 Å². The largest absolute Gasteiger partial charge is 0.444 e. The number of likely N-dealkylation sites (tertiary alicyclic amines) is 2. The van der Waals surface area contributed by atoms with E-state index in [2.05, 4.69) is 20.3 Å². The number of carbonyl (C=O) groups excluding carboxylic acids is 2. The zero-order valence-corrected chi connectivity index (χ0v) is 38.8. The van der Waals surface area contributed by atoms with Gasteiger partial charge in [-0.3, -0.25) is 4.21 Å². The highest BCUT2D eigenvalue weighted by atomic mass is 32.2. The van der Waals surface area contributed by atoms with Crippen LogP contribution in [-0.2, 0) is 39.6 Å². The molecule has 0 N–H and O–H groups in total. The van der Waals surface area contributed by atoms with Gasteiger partial charge < -0.3 is 37.8 Å². The zero-order valence-electron chi connectivity index (χ0n) is 37.2. The SMILES string of the molecule is CC(OC1CCN(C(=O)OC(C)(C)C)CC1)c1nc(-c2ccc(S(C)(=O)=O)c(F)c2)no1.CC(OC1CCN(C(=O)OC(C)(C)C)CC1)c1nc(-c2ccc(S(C)=O)c(F)c2)no1. The fraction of sp³-hybridized carbons (Fsp3) is 0.571. The lowest BCUT2D eigenvalue weighted by Crippen LogP contribution is -2.43. The summed E-state index contributed by atoms with van der Waals surface area (Å²) in [6.07, 6.45) is 3.23. The van der Waals surface area contributed by atoms with Crippen LogP contribution in [0.5, 0.6) is 0 Å². The van der Waals surface area contributed by atoms with Crippen molar-refractivity contribution in [1.82, 2.24) is 30.1 Å². The molecule has 2 fully saturated rings. The molecule has 3 unspecified atom stereocenters. The summed E-state index contributed by atoms with van der Waals surface area (Å²) in [6.45, 7) is 16.7. The molecule has 21 heteroatoms. The first kappa shape index (κ1) is 49.2. The van der Waals surface area contributed by atoms with Crippen LogP contribution in [0.2, 0.25) is 0 Å². The number of nitrogens with zero attached hydrogens (tertiary/aromatic N) is 6. The molecule has 3 atom stereocenters. The van der Waals surface area contributed by atoms with Gasteiger partial charge in [0.2, 0.25) is 11.6 Å². The number of amides is 2. The number of sulfone groups is 1. The third kappa shape index (κ3) is 14.1. The average Bonchev–Trinajstić information content (AvgIpc) is 3.89. The summed E-state index contributed by atoms with van der Waals surface area (Å²) < 4.78 is 96.3. The molecule has 2 aromatic carbocycles. The van der Waals surface area contributed by atoms with Crippen LogP contribution in [-0.4, -0.2) is 117 Å². The maximum atomic E-state index is 14.2. The quantitative estimate of drug-likeness (QED) is 0.148. The number of piperidine rings is 2. The number of halogens is 2. The van der Waals surface area contributed by atoms with Crippen LogP contribution < -0.4 is 0 Å². The summed E-state index contributed by atoms with van der Waals surface area (Å²) in [7, 11) is -5.08. The number of rotatable bonds is 10. The standard InChI is InChI=1S/C21H28FN3O6S.C21H28FN3O5S/c1-13(29-15-8-10-25(11-9-15)20(26)30-21(2,3)4)19-23-18(24-31-19)14-6-7-17(16(22)12-14)32(5,27)28;1-13(28-15-8-10-25(11-9-15)20(26)29-21(2,3)4)19-23-18(24-30-19)14-6-7-17(31(5)27)16(22)12-14/h6-7,12-13,15H,8-11H2,1-5H3;6-7,12-13,15H,8-11H2,1-5H3. The molecule has 4 aromatic rings. The Bertz CT molecular complexity index is 2350. The predicted molar refractivity (Wildman–Crippen MR) is 225 cm³/mol. The fourth-order valence-corrected chi connectivity index (χ4v) is 7.87. The molecular formula is C42H56F2N6O11S2. The first-order valence-electron chi connectivity index (χ1n) is 20.4. The van der Waals surface area contributed by atoms with Crippen LogP contribution in [0.1, 0.15) is 105 Å². The smallest absolute Gasteiger partial charge is 0.410 e. The van der Waals surface area contributed by atoms with Crippen molar-refractivity contribution < 1.29 is 59.0 Å². The molecule has 2 aromatic heterocycles. The molecule has 0 radical (unpaired) electrons. The Kier molecular flexibility index (Phi) is 15.9. The van der Waals surface area contributed by atoms with Gasteiger partial charge in [0.15, 0.2) is 9.84 Å². The van der Waals surface area contributed by atoms with E-state index in [1.165, 1.54) is 30.5 Å². The highest BCUT2D eigenvalue weighted by molar-refractivity contribution is 7.90. The lowest BCUT2D eigenvalue weighted by molar-refractivity contribution is -0.0513. The first-order valence-corrected chi connectivity index (χ1v) is 23.9. The number of ether oxygens (including phenoxy) is 4. The number of aromatic nitrogens is 4. The molecule has 0 spiro atoms. The van der Waals surface area contributed by atoms with Gasteiger partial charge in [0.05, 0.1) is 27.9 Å². The van der Waals surface area contributed by atoms with Crippen molar-refractivity contribution in [2.24, 2.45) is 0 Å². The molecule has 0 saturated carbocycles. The number of hydrogen-bond acceptors (Lipinski definition) is 15. The van der Waals surface area contributed by atoms with Gasteiger partial charge in [-0.1, -0.05) is 10.3 Å². The van der Waals surface area contributed by atoms with Crippen molar-refractivity contribution in [2.75, 3.05) is 38.7 Å². The van der Waals surface area contributed by atoms with Gasteiger partial charge in [0.25, 0.3) is 11.8 Å². The van der Waals surface area contributed by atoms with E-state index < -0.39 is 55.7 Å². The van der Waals surface area contributed by atoms with Crippen molar-refractivity contribution in [1.29, 1.82) is 0 Å². The Balaban J connectivity index is 0.000000238. The van der Waals surface area contributed by atoms with Gasteiger partial charge in [0.1, 0.15) is 39.9 Å². The normalized spacial score (nSPS) is 17.1. The van der Waals surface area contributed by atoms with Crippen molar-refractivity contribution in [3.05, 3.63) is 59.8 Å². The second-order valence-corrected chi connectivity index (χ2v) is 20.7. The second kappa shape index (κ2) is 20.3. The Morgan fingerprint density at radius 3 is 1.48 bits per heavy atom. The Labute approximate surface area is 368 Å². The fourth-order valence-electron chi connectivity index (χ4n) is 6.54. The minimum Gasteiger partial charge on any atom is -0.444 e. The maximum absolute atomic E-state index is 14.2. The summed E-state index contributed by atoms with van der Waals surface area (Å²) >= 11 is 0. The summed E-state index contributed by atoms with van der Waals surface area (Å²) in [5.74, 6) is -0.579. The van der Waals surface area contributed by atoms with Crippen molar-refractivity contribution in [3.63, 3.8) is 0 Å². The number of carbonyl (C=O) groups is 2. The molecule has 346 valence electrons. The number of benzene rings is 2. The number of hydrogen-bond donors (Lipinski definition) is 0. The van der Waals surface area contributed by atoms with E-state index in [0.29, 0.717) is 63.0 Å². The van der Waals surface area contributed by atoms with Crippen LogP contribution in [0.15, 0.2) is 55.2 Å². The highest BCUT2D eigenvalue weighted by Crippen LogP contribution is 2.29. The molecule has 0 bridgehead atoms. The summed E-state index contributed by atoms with van der Waals surface area (Å²) in [5, 5.41) is 7.76. The summed E-state index contributed by atoms with van der Waals surface area (Å²) in [6, 6.07) is 7.95. The van der Waals surface area contributed by atoms with Gasteiger partial charge >= 0.3 is 12.2 Å². The Morgan fingerprint density at radius 2 is 1.13 bits per heavy atom. The Morgan fingerprint density at radius 1 is 0.730 bits per heavy atom. The van der Waals surface area contributed by atoms with E-state index in [4.69, 9.17) is 28.0 Å². The molecule has 2 amide bonds. The minimum absolute atomic E-state index is 0.0553. The molecular weight excluding hydrogens is 867 g/mol. The first-order chi connectivity index (χ1) is 29.4. The molecule has 63 heavy (non-hydrogen) atoms. The second-order valence-electron chi connectivity index (χ2n) is 17.3. The minimum atomic E-state index is -3.67. The Hall–Kier alpha value is -4.86. The van der Waals surface area contributed by atoms with Gasteiger partial charge in [-0.15, -0.1) is 0 Å². The predicted octanol–water partition coefficient (Wildman–Crippen LogP) is 7.85. The van der Waals surface area contributed by atoms with Crippen molar-refractivity contribution in [2.45, 2.75) is 126 Å². The zero-order chi connectivity index (χ0) is 46.4. The van der Waals surface area contributed by atoms with Crippen LogP contribution in [0.4, 0.5) is 18.4 Å². The average molecular weight is 923 g/mol. The van der Waals surface area contributed by atoms with E-state index in [-0.39, 0.29) is 57.6 Å². The van der Waals surface area contributed by atoms with Gasteiger partial charge in [-0.05, 0) is 117 Å². The van der Waals surface area contributed by atoms with E-state index in [0.717, 1.165) is 12.3 Å². The lowest BCUT2D eigenvalue weighted by atomic mass is 10.1. The summed E-state index contributed by atoms with van der Waals surface area (Å²) in [5.41, 5.74) is -0.337. The third-order valence-corrected chi connectivity index (χ3v) is 11.7. The third-order valence-electron chi connectivity index (χ3n) is 9.65. The van der Waals surface area contributed by atoms with Gasteiger partial charge in [-0.2, -0.15) is 9.97 Å². The van der Waals surface area contributed by atoms with Gasteiger partial charge in [0, 0.05) is 49.8 Å². The molecule has 2 aliphatic heterocycles. The molecule has 2 aliphatic rings. The molecule has 6 rings (SSSR count). The van der Waals surface area contributed by atoms with Crippen LogP contribution >= 0.6 is 0 Å². The van der Waals surface area contributed by atoms with Gasteiger partial charge in [-0.25, -0.2) is 26.8 Å². The van der Waals surface area contributed by atoms with Crippen LogP contribution in [0.3, 0.4) is 0 Å². The molecule has 17 nitrogen and oxygen atoms in total. The lowest BCUT2D eigenvalue weighted by Gasteiger charge is -2.34. The maximum Gasteiger partial charge on any atom is 0.410 e. The monoisotopic (exact) mass is 922 g/mol. The van der Waals surface area contributed by atoms with Crippen molar-refractivity contribution in [3.8, 4) is 22.8 Å². The van der Waals surface area contributed by atoms with Crippen LogP contribution in [0.25, 0.3) is 22.8 Å². The van der Waals surface area contributed by atoms with E-state index in [9.17, 15) is 31.0 Å². The highest BCUT2D eigenvalue weighted by Gasteiger charge is 2.31. The molecule has 0 aliphatic carbocycles. The van der Waals surface area contributed by atoms with E-state index in [1.54, 1.807) is 29.7 Å². The van der Waals surface area contributed by atoms with E-state index >= 15 is 0 Å². The topological polar surface area (TPSA) is 207 Å².